The van der Waals surface area contributed by atoms with Crippen LogP contribution >= 0.6 is 0 Å². The van der Waals surface area contributed by atoms with Crippen LogP contribution in [0.15, 0.2) is 67.4 Å². The lowest BCUT2D eigenvalue weighted by Crippen LogP contribution is -2.10. The Kier molecular flexibility index (Phi) is 6.43. The zero-order valence-electron chi connectivity index (χ0n) is 17.6. The zero-order valence-corrected chi connectivity index (χ0v) is 17.6. The first kappa shape index (κ1) is 22.1. The van der Waals surface area contributed by atoms with Gasteiger partial charge in [0, 0.05) is 49.6 Å². The molecule has 7 nitrogen and oxygen atoms in total. The highest BCUT2D eigenvalue weighted by Crippen LogP contribution is 2.30. The first-order valence-corrected chi connectivity index (χ1v) is 10.1. The number of aromatic nitrogens is 5. The second kappa shape index (κ2) is 9.60. The number of rotatable bonds is 7. The molecule has 0 saturated heterocycles. The van der Waals surface area contributed by atoms with E-state index in [4.69, 9.17) is 0 Å². The monoisotopic (exact) mass is 451 g/mol. The van der Waals surface area contributed by atoms with E-state index < -0.39 is 11.9 Å². The molecule has 1 aromatic carbocycles. The van der Waals surface area contributed by atoms with Crippen LogP contribution in [0.4, 0.5) is 30.6 Å². The summed E-state index contributed by atoms with van der Waals surface area (Å²) >= 11 is 0. The van der Waals surface area contributed by atoms with Crippen molar-refractivity contribution in [1.82, 2.24) is 24.9 Å². The Labute approximate surface area is 188 Å². The van der Waals surface area contributed by atoms with Crippen LogP contribution in [0.25, 0.3) is 11.1 Å². The van der Waals surface area contributed by atoms with Crippen LogP contribution in [0, 0.1) is 6.92 Å². The maximum atomic E-state index is 12.9. The molecule has 0 bridgehead atoms. The van der Waals surface area contributed by atoms with Gasteiger partial charge in [-0.2, -0.15) is 13.2 Å². The highest BCUT2D eigenvalue weighted by Gasteiger charge is 2.32. The molecular weight excluding hydrogens is 431 g/mol. The zero-order chi connectivity index (χ0) is 23.3. The molecule has 0 spiro atoms. The third kappa shape index (κ3) is 6.00. The van der Waals surface area contributed by atoms with Gasteiger partial charge in [0.2, 0.25) is 5.95 Å². The van der Waals surface area contributed by atoms with E-state index in [1.165, 1.54) is 0 Å². The lowest BCUT2D eigenvalue weighted by Gasteiger charge is -2.12. The van der Waals surface area contributed by atoms with Gasteiger partial charge in [-0.25, -0.2) is 15.0 Å². The van der Waals surface area contributed by atoms with Crippen molar-refractivity contribution < 1.29 is 13.2 Å². The van der Waals surface area contributed by atoms with Gasteiger partial charge in [-0.15, -0.1) is 0 Å². The molecule has 168 valence electrons. The Bertz CT molecular complexity index is 1230. The predicted molar refractivity (Wildman–Crippen MR) is 119 cm³/mol. The van der Waals surface area contributed by atoms with Crippen molar-refractivity contribution in [2.75, 3.05) is 17.2 Å². The number of nitrogens with zero attached hydrogens (tertiary/aromatic N) is 5. The Morgan fingerprint density at radius 2 is 1.73 bits per heavy atom. The van der Waals surface area contributed by atoms with E-state index in [0.29, 0.717) is 24.5 Å². The molecule has 4 rings (SSSR count). The predicted octanol–water partition coefficient (Wildman–Crippen LogP) is 5.05. The van der Waals surface area contributed by atoms with E-state index in [1.54, 1.807) is 24.8 Å². The third-order valence-corrected chi connectivity index (χ3v) is 4.68. The van der Waals surface area contributed by atoms with E-state index >= 15 is 0 Å². The molecule has 0 amide bonds. The van der Waals surface area contributed by atoms with E-state index in [9.17, 15) is 13.2 Å². The minimum Gasteiger partial charge on any atom is -0.370 e. The fourth-order valence-electron chi connectivity index (χ4n) is 3.21. The average molecular weight is 451 g/mol. The summed E-state index contributed by atoms with van der Waals surface area (Å²) < 4.78 is 38.8. The normalized spacial score (nSPS) is 11.3. The summed E-state index contributed by atoms with van der Waals surface area (Å²) in [6.07, 6.45) is 3.96. The summed E-state index contributed by atoms with van der Waals surface area (Å²) in [6, 6.07) is 10.2. The number of alkyl halides is 3. The van der Waals surface area contributed by atoms with E-state index in [0.717, 1.165) is 34.6 Å². The second-order valence-corrected chi connectivity index (χ2v) is 7.28. The molecule has 0 fully saturated rings. The lowest BCUT2D eigenvalue weighted by atomic mass is 10.0. The highest BCUT2D eigenvalue weighted by molar-refractivity contribution is 5.72. The van der Waals surface area contributed by atoms with Crippen LogP contribution < -0.4 is 10.6 Å². The van der Waals surface area contributed by atoms with Crippen LogP contribution in [-0.4, -0.2) is 31.5 Å². The first-order valence-electron chi connectivity index (χ1n) is 10.1. The van der Waals surface area contributed by atoms with E-state index in [2.05, 4.69) is 35.6 Å². The van der Waals surface area contributed by atoms with Crippen molar-refractivity contribution in [3.8, 4) is 11.1 Å². The maximum absolute atomic E-state index is 12.9. The summed E-state index contributed by atoms with van der Waals surface area (Å²) in [7, 11) is 0. The highest BCUT2D eigenvalue weighted by atomic mass is 19.4. The fraction of sp³-hybridized carbons (Fsp3) is 0.174. The molecule has 0 saturated carbocycles. The molecule has 0 radical (unpaired) electrons. The van der Waals surface area contributed by atoms with Crippen molar-refractivity contribution in [2.24, 2.45) is 0 Å². The minimum absolute atomic E-state index is 0.123. The van der Waals surface area contributed by atoms with Gasteiger partial charge in [-0.05, 0) is 53.9 Å². The number of hydrogen-bond donors (Lipinski definition) is 2. The molecular formula is C23H20F3N7. The number of aryl methyl sites for hydroxylation is 1. The topological polar surface area (TPSA) is 88.5 Å². The number of benzene rings is 1. The molecule has 2 N–H and O–H groups in total. The Morgan fingerprint density at radius 3 is 2.52 bits per heavy atom. The van der Waals surface area contributed by atoms with Crippen molar-refractivity contribution >= 4 is 17.5 Å². The maximum Gasteiger partial charge on any atom is 0.433 e. The lowest BCUT2D eigenvalue weighted by molar-refractivity contribution is -0.141. The Hall–Kier alpha value is -4.08. The number of halogens is 3. The molecule has 0 unspecified atom stereocenters. The van der Waals surface area contributed by atoms with Gasteiger partial charge in [0.25, 0.3) is 0 Å². The van der Waals surface area contributed by atoms with Crippen molar-refractivity contribution in [3.05, 3.63) is 84.3 Å². The summed E-state index contributed by atoms with van der Waals surface area (Å²) in [4.78, 5) is 20.1. The van der Waals surface area contributed by atoms with Gasteiger partial charge in [0.1, 0.15) is 11.5 Å². The standard InChI is InChI=1S/C23H20F3N7/c1-15-10-17(12-19(11-15)32-22-31-7-4-20(33-22)23(24,25)26)16-2-5-29-21(13-16)30-6-3-18-14-27-8-9-28-18/h2,4-5,7-14H,3,6H2,1H3,(H,29,30)(H,31,32,33). The molecule has 3 heterocycles. The SMILES string of the molecule is Cc1cc(Nc2nccc(C(F)(F)F)n2)cc(-c2ccnc(NCCc3cnccn3)c2)c1. The van der Waals surface area contributed by atoms with Gasteiger partial charge >= 0.3 is 6.18 Å². The van der Waals surface area contributed by atoms with Gasteiger partial charge in [0.05, 0.1) is 5.69 Å². The van der Waals surface area contributed by atoms with Gasteiger partial charge in [-0.3, -0.25) is 9.97 Å². The molecule has 4 aromatic rings. The molecule has 3 aromatic heterocycles. The number of anilines is 3. The van der Waals surface area contributed by atoms with Crippen LogP contribution in [0.1, 0.15) is 17.0 Å². The molecule has 10 heteroatoms. The number of nitrogens with one attached hydrogen (secondary N) is 2. The van der Waals surface area contributed by atoms with Gasteiger partial charge in [-0.1, -0.05) is 6.07 Å². The summed E-state index contributed by atoms with van der Waals surface area (Å²) in [6.45, 7) is 2.55. The van der Waals surface area contributed by atoms with Crippen LogP contribution in [-0.2, 0) is 12.6 Å². The Morgan fingerprint density at radius 1 is 0.879 bits per heavy atom. The number of hydrogen-bond acceptors (Lipinski definition) is 7. The first-order chi connectivity index (χ1) is 15.9. The molecule has 0 aliphatic rings. The van der Waals surface area contributed by atoms with E-state index in [-0.39, 0.29) is 5.95 Å². The summed E-state index contributed by atoms with van der Waals surface area (Å²) in [5, 5.41) is 6.14. The number of pyridine rings is 1. The molecule has 0 atom stereocenters. The third-order valence-electron chi connectivity index (χ3n) is 4.68. The minimum atomic E-state index is -4.54. The van der Waals surface area contributed by atoms with Crippen LogP contribution in [0.5, 0.6) is 0 Å². The summed E-state index contributed by atoms with van der Waals surface area (Å²) in [5.74, 6) is 0.580. The summed E-state index contributed by atoms with van der Waals surface area (Å²) in [5.41, 5.74) is 3.17. The van der Waals surface area contributed by atoms with Crippen molar-refractivity contribution in [2.45, 2.75) is 19.5 Å². The molecule has 0 aliphatic carbocycles. The van der Waals surface area contributed by atoms with E-state index in [1.807, 2.05) is 37.3 Å². The van der Waals surface area contributed by atoms with Gasteiger partial charge in [0.15, 0.2) is 0 Å². The van der Waals surface area contributed by atoms with Crippen molar-refractivity contribution in [3.63, 3.8) is 0 Å². The molecule has 0 aliphatic heterocycles. The Balaban J connectivity index is 1.50. The second-order valence-electron chi connectivity index (χ2n) is 7.28. The quantitative estimate of drug-likeness (QED) is 0.406. The van der Waals surface area contributed by atoms with Crippen molar-refractivity contribution in [1.29, 1.82) is 0 Å². The smallest absolute Gasteiger partial charge is 0.370 e. The average Bonchev–Trinajstić information content (AvgIpc) is 2.79. The molecule has 33 heavy (non-hydrogen) atoms. The fourth-order valence-corrected chi connectivity index (χ4v) is 3.21. The van der Waals surface area contributed by atoms with Gasteiger partial charge < -0.3 is 10.6 Å². The largest absolute Gasteiger partial charge is 0.433 e. The van der Waals surface area contributed by atoms with Crippen LogP contribution in [0.2, 0.25) is 0 Å². The van der Waals surface area contributed by atoms with Crippen LogP contribution in [0.3, 0.4) is 0 Å².